The van der Waals surface area contributed by atoms with E-state index in [2.05, 4.69) is 27.3 Å². The predicted octanol–water partition coefficient (Wildman–Crippen LogP) is 1.60. The van der Waals surface area contributed by atoms with Gasteiger partial charge in [0, 0.05) is 19.0 Å². The largest absolute Gasteiger partial charge is 0.338 e. The first-order chi connectivity index (χ1) is 8.83. The highest BCUT2D eigenvalue weighted by molar-refractivity contribution is 4.88. The average Bonchev–Trinajstić information content (AvgIpc) is 2.85. The quantitative estimate of drug-likeness (QED) is 0.833. The molecule has 0 bridgehead atoms. The Hall–Kier alpha value is -0.940. The van der Waals surface area contributed by atoms with Crippen LogP contribution in [0.15, 0.2) is 4.52 Å². The molecular formula is C13H24N4O. The molecule has 2 rings (SSSR count). The fraction of sp³-hybridized carbons (Fsp3) is 0.846. The van der Waals surface area contributed by atoms with Crippen LogP contribution in [0.3, 0.4) is 0 Å². The number of aromatic nitrogens is 2. The third-order valence-electron chi connectivity index (χ3n) is 3.54. The van der Waals surface area contributed by atoms with Crippen LogP contribution < -0.4 is 5.32 Å². The second-order valence-corrected chi connectivity index (χ2v) is 4.89. The Labute approximate surface area is 109 Å². The number of aryl methyl sites for hydroxylation is 1. The highest BCUT2D eigenvalue weighted by Gasteiger charge is 2.23. The Bertz CT molecular complexity index is 353. The fourth-order valence-corrected chi connectivity index (χ4v) is 2.48. The first-order valence-corrected chi connectivity index (χ1v) is 7.09. The molecule has 0 radical (unpaired) electrons. The van der Waals surface area contributed by atoms with Crippen molar-refractivity contribution in [3.63, 3.8) is 0 Å². The van der Waals surface area contributed by atoms with Gasteiger partial charge in [-0.25, -0.2) is 0 Å². The van der Waals surface area contributed by atoms with E-state index in [1.54, 1.807) is 0 Å². The van der Waals surface area contributed by atoms with E-state index in [0.717, 1.165) is 44.3 Å². The highest BCUT2D eigenvalue weighted by atomic mass is 16.5. The van der Waals surface area contributed by atoms with E-state index >= 15 is 0 Å². The zero-order chi connectivity index (χ0) is 12.8. The minimum absolute atomic E-state index is 0.607. The second-order valence-electron chi connectivity index (χ2n) is 4.89. The third-order valence-corrected chi connectivity index (χ3v) is 3.54. The number of hydrogen-bond acceptors (Lipinski definition) is 5. The summed E-state index contributed by atoms with van der Waals surface area (Å²) in [6.45, 7) is 8.22. The molecule has 0 aliphatic carbocycles. The molecule has 1 aliphatic heterocycles. The van der Waals surface area contributed by atoms with E-state index in [9.17, 15) is 0 Å². The molecule has 5 heteroatoms. The number of likely N-dealkylation sites (N-methyl/N-ethyl adjacent to an activating group) is 1. The number of nitrogens with one attached hydrogen (secondary N) is 1. The minimum Gasteiger partial charge on any atom is -0.338 e. The van der Waals surface area contributed by atoms with Crippen molar-refractivity contribution in [2.24, 2.45) is 0 Å². The monoisotopic (exact) mass is 252 g/mol. The molecule has 1 atom stereocenters. The van der Waals surface area contributed by atoms with E-state index in [-0.39, 0.29) is 0 Å². The maximum absolute atomic E-state index is 5.29. The summed E-state index contributed by atoms with van der Waals surface area (Å²) in [5.41, 5.74) is 0. The molecule has 1 aliphatic rings. The molecule has 1 aromatic rings. The van der Waals surface area contributed by atoms with E-state index in [0.29, 0.717) is 6.04 Å². The molecule has 18 heavy (non-hydrogen) atoms. The first kappa shape index (κ1) is 13.5. The topological polar surface area (TPSA) is 54.2 Å². The van der Waals surface area contributed by atoms with Crippen molar-refractivity contribution in [3.8, 4) is 0 Å². The summed E-state index contributed by atoms with van der Waals surface area (Å²) in [4.78, 5) is 6.87. The van der Waals surface area contributed by atoms with Crippen LogP contribution >= 0.6 is 0 Å². The Morgan fingerprint density at radius 3 is 3.00 bits per heavy atom. The van der Waals surface area contributed by atoms with Crippen LogP contribution in [0.1, 0.15) is 44.8 Å². The smallest absolute Gasteiger partial charge is 0.240 e. The maximum Gasteiger partial charge on any atom is 0.240 e. The van der Waals surface area contributed by atoms with Crippen LogP contribution in [0, 0.1) is 0 Å². The normalized spacial score (nSPS) is 21.3. The van der Waals surface area contributed by atoms with Crippen molar-refractivity contribution in [3.05, 3.63) is 11.7 Å². The van der Waals surface area contributed by atoms with Gasteiger partial charge in [0.1, 0.15) is 0 Å². The zero-order valence-electron chi connectivity index (χ0n) is 11.5. The van der Waals surface area contributed by atoms with Crippen molar-refractivity contribution >= 4 is 0 Å². The summed E-state index contributed by atoms with van der Waals surface area (Å²) < 4.78 is 5.29. The Morgan fingerprint density at radius 2 is 2.28 bits per heavy atom. The fourth-order valence-electron chi connectivity index (χ4n) is 2.48. The van der Waals surface area contributed by atoms with Gasteiger partial charge in [0.05, 0.1) is 6.54 Å². The molecule has 0 spiro atoms. The van der Waals surface area contributed by atoms with E-state index in [4.69, 9.17) is 4.52 Å². The second kappa shape index (κ2) is 6.85. The predicted molar refractivity (Wildman–Crippen MR) is 70.3 cm³/mol. The van der Waals surface area contributed by atoms with Crippen LogP contribution in [0.2, 0.25) is 0 Å². The lowest BCUT2D eigenvalue weighted by atomic mass is 10.0. The number of piperidine rings is 1. The van der Waals surface area contributed by atoms with Gasteiger partial charge in [0.25, 0.3) is 0 Å². The molecule has 0 aromatic carbocycles. The Morgan fingerprint density at radius 1 is 1.39 bits per heavy atom. The van der Waals surface area contributed by atoms with Gasteiger partial charge in [0.2, 0.25) is 5.89 Å². The van der Waals surface area contributed by atoms with Gasteiger partial charge in [-0.15, -0.1) is 0 Å². The Balaban J connectivity index is 1.91. The SMILES string of the molecule is CCNCC1CCCCN1Cc1nc(CC)no1. The van der Waals surface area contributed by atoms with Crippen LogP contribution in [0.25, 0.3) is 0 Å². The average molecular weight is 252 g/mol. The van der Waals surface area contributed by atoms with Gasteiger partial charge in [-0.1, -0.05) is 25.4 Å². The number of rotatable bonds is 6. The summed E-state index contributed by atoms with van der Waals surface area (Å²) in [7, 11) is 0. The zero-order valence-corrected chi connectivity index (χ0v) is 11.5. The van der Waals surface area contributed by atoms with Crippen molar-refractivity contribution in [1.29, 1.82) is 0 Å². The van der Waals surface area contributed by atoms with Crippen LogP contribution in [0.4, 0.5) is 0 Å². The minimum atomic E-state index is 0.607. The number of likely N-dealkylation sites (tertiary alicyclic amines) is 1. The summed E-state index contributed by atoms with van der Waals surface area (Å²) in [6.07, 6.45) is 4.71. The lowest BCUT2D eigenvalue weighted by Crippen LogP contribution is -2.45. The first-order valence-electron chi connectivity index (χ1n) is 7.09. The molecular weight excluding hydrogens is 228 g/mol. The summed E-state index contributed by atoms with van der Waals surface area (Å²) in [5, 5.41) is 7.40. The molecule has 0 saturated carbocycles. The highest BCUT2D eigenvalue weighted by Crippen LogP contribution is 2.18. The standard InChI is InChI=1S/C13H24N4O/c1-3-12-15-13(18-16-12)10-17-8-6-5-7-11(17)9-14-4-2/h11,14H,3-10H2,1-2H3. The molecule has 2 heterocycles. The molecule has 1 N–H and O–H groups in total. The molecule has 1 aromatic heterocycles. The van der Waals surface area contributed by atoms with Gasteiger partial charge in [0.15, 0.2) is 5.82 Å². The van der Waals surface area contributed by atoms with Crippen molar-refractivity contribution in [1.82, 2.24) is 20.4 Å². The molecule has 5 nitrogen and oxygen atoms in total. The van der Waals surface area contributed by atoms with Crippen molar-refractivity contribution < 1.29 is 4.52 Å². The van der Waals surface area contributed by atoms with Crippen LogP contribution in [0.5, 0.6) is 0 Å². The van der Waals surface area contributed by atoms with Crippen molar-refractivity contribution in [2.45, 2.75) is 52.1 Å². The van der Waals surface area contributed by atoms with E-state index < -0.39 is 0 Å². The van der Waals surface area contributed by atoms with Gasteiger partial charge in [-0.3, -0.25) is 4.90 Å². The molecule has 0 amide bonds. The molecule has 1 unspecified atom stereocenters. The Kier molecular flexibility index (Phi) is 5.13. The lowest BCUT2D eigenvalue weighted by Gasteiger charge is -2.34. The summed E-state index contributed by atoms with van der Waals surface area (Å²) in [6, 6.07) is 0.607. The van der Waals surface area contributed by atoms with E-state index in [1.165, 1.54) is 19.3 Å². The van der Waals surface area contributed by atoms with E-state index in [1.807, 2.05) is 6.92 Å². The molecule has 1 saturated heterocycles. The number of hydrogen-bond donors (Lipinski definition) is 1. The van der Waals surface area contributed by atoms with Gasteiger partial charge in [-0.2, -0.15) is 4.98 Å². The summed E-state index contributed by atoms with van der Waals surface area (Å²) in [5.74, 6) is 1.57. The van der Waals surface area contributed by atoms with Gasteiger partial charge in [-0.05, 0) is 25.9 Å². The van der Waals surface area contributed by atoms with Gasteiger partial charge < -0.3 is 9.84 Å². The van der Waals surface area contributed by atoms with Crippen LogP contribution in [-0.4, -0.2) is 40.7 Å². The lowest BCUT2D eigenvalue weighted by molar-refractivity contribution is 0.122. The summed E-state index contributed by atoms with van der Waals surface area (Å²) >= 11 is 0. The van der Waals surface area contributed by atoms with Crippen LogP contribution in [-0.2, 0) is 13.0 Å². The molecule has 1 fully saturated rings. The van der Waals surface area contributed by atoms with Crippen molar-refractivity contribution in [2.75, 3.05) is 19.6 Å². The van der Waals surface area contributed by atoms with Gasteiger partial charge >= 0.3 is 0 Å². The maximum atomic E-state index is 5.29. The third kappa shape index (κ3) is 3.53. The number of nitrogens with zero attached hydrogens (tertiary/aromatic N) is 3. The molecule has 102 valence electrons.